The van der Waals surface area contributed by atoms with Crippen molar-refractivity contribution in [3.63, 3.8) is 0 Å². The van der Waals surface area contributed by atoms with Gasteiger partial charge in [0.2, 0.25) is 0 Å². The number of aliphatic carboxylic acids is 1. The summed E-state index contributed by atoms with van der Waals surface area (Å²) in [7, 11) is 0. The number of aryl methyl sites for hydroxylation is 1. The van der Waals surface area contributed by atoms with Crippen LogP contribution in [0.15, 0.2) is 24.3 Å². The molecule has 0 bridgehead atoms. The molecule has 1 saturated carbocycles. The van der Waals surface area contributed by atoms with Gasteiger partial charge in [-0.1, -0.05) is 43.7 Å². The standard InChI is InChI=1S/C15H21NO2/c1-10-6-5-7-11(8-10)15(4,13(17)18)16-12-9-14(12,2)3/h5-8,12,16H,9H2,1-4H3,(H,17,18). The van der Waals surface area contributed by atoms with Gasteiger partial charge < -0.3 is 5.11 Å². The minimum atomic E-state index is -1.01. The Morgan fingerprint density at radius 3 is 2.56 bits per heavy atom. The smallest absolute Gasteiger partial charge is 0.328 e. The Balaban J connectivity index is 2.30. The Kier molecular flexibility index (Phi) is 2.98. The molecular formula is C15H21NO2. The van der Waals surface area contributed by atoms with Crippen LogP contribution in [0, 0.1) is 12.3 Å². The number of nitrogens with one attached hydrogen (secondary N) is 1. The van der Waals surface area contributed by atoms with Gasteiger partial charge >= 0.3 is 5.97 Å². The van der Waals surface area contributed by atoms with Crippen LogP contribution in [0.1, 0.15) is 38.3 Å². The van der Waals surface area contributed by atoms with Crippen molar-refractivity contribution in [3.05, 3.63) is 35.4 Å². The third-order valence-corrected chi connectivity index (χ3v) is 4.00. The van der Waals surface area contributed by atoms with E-state index in [9.17, 15) is 9.90 Å². The second-order valence-electron chi connectivity index (χ2n) is 6.19. The molecule has 3 nitrogen and oxygen atoms in total. The van der Waals surface area contributed by atoms with Crippen LogP contribution in [0.4, 0.5) is 0 Å². The van der Waals surface area contributed by atoms with Crippen molar-refractivity contribution in [1.82, 2.24) is 5.32 Å². The highest BCUT2D eigenvalue weighted by atomic mass is 16.4. The van der Waals surface area contributed by atoms with E-state index in [0.29, 0.717) is 0 Å². The van der Waals surface area contributed by atoms with Crippen LogP contribution in [-0.2, 0) is 10.3 Å². The summed E-state index contributed by atoms with van der Waals surface area (Å²) in [5.41, 5.74) is 1.10. The zero-order valence-electron chi connectivity index (χ0n) is 11.4. The minimum Gasteiger partial charge on any atom is -0.480 e. The van der Waals surface area contributed by atoms with E-state index in [0.717, 1.165) is 17.5 Å². The molecule has 1 aromatic rings. The maximum absolute atomic E-state index is 11.6. The zero-order valence-corrected chi connectivity index (χ0v) is 11.4. The first-order chi connectivity index (χ1) is 8.25. The van der Waals surface area contributed by atoms with E-state index in [4.69, 9.17) is 0 Å². The fraction of sp³-hybridized carbons (Fsp3) is 0.533. The number of hydrogen-bond acceptors (Lipinski definition) is 2. The van der Waals surface area contributed by atoms with E-state index in [1.54, 1.807) is 6.92 Å². The molecule has 1 aliphatic rings. The highest BCUT2D eigenvalue weighted by molar-refractivity contribution is 5.80. The summed E-state index contributed by atoms with van der Waals surface area (Å²) in [5.74, 6) is -0.823. The van der Waals surface area contributed by atoms with Gasteiger partial charge in [0.1, 0.15) is 5.54 Å². The van der Waals surface area contributed by atoms with Gasteiger partial charge in [0.25, 0.3) is 0 Å². The van der Waals surface area contributed by atoms with Gasteiger partial charge in [0, 0.05) is 6.04 Å². The van der Waals surface area contributed by atoms with E-state index in [-0.39, 0.29) is 11.5 Å². The molecule has 0 amide bonds. The summed E-state index contributed by atoms with van der Waals surface area (Å²) < 4.78 is 0. The summed E-state index contributed by atoms with van der Waals surface area (Å²) in [6, 6.07) is 7.98. The molecule has 0 spiro atoms. The molecule has 1 aromatic carbocycles. The normalized spacial score (nSPS) is 24.3. The van der Waals surface area contributed by atoms with Crippen molar-refractivity contribution in [2.75, 3.05) is 0 Å². The lowest BCUT2D eigenvalue weighted by Crippen LogP contribution is -2.48. The van der Waals surface area contributed by atoms with Gasteiger partial charge in [-0.05, 0) is 31.2 Å². The molecule has 0 radical (unpaired) electrons. The van der Waals surface area contributed by atoms with Crippen LogP contribution in [0.5, 0.6) is 0 Å². The van der Waals surface area contributed by atoms with Crippen LogP contribution in [0.25, 0.3) is 0 Å². The molecule has 1 aliphatic carbocycles. The summed E-state index contributed by atoms with van der Waals surface area (Å²) in [5, 5.41) is 12.9. The lowest BCUT2D eigenvalue weighted by Gasteiger charge is -2.28. The van der Waals surface area contributed by atoms with Crippen molar-refractivity contribution in [1.29, 1.82) is 0 Å². The van der Waals surface area contributed by atoms with Crippen molar-refractivity contribution in [2.45, 2.75) is 45.7 Å². The molecule has 2 rings (SSSR count). The maximum atomic E-state index is 11.6. The quantitative estimate of drug-likeness (QED) is 0.860. The topological polar surface area (TPSA) is 49.3 Å². The van der Waals surface area contributed by atoms with E-state index < -0.39 is 11.5 Å². The number of hydrogen-bond donors (Lipinski definition) is 2. The molecule has 1 fully saturated rings. The Labute approximate surface area is 108 Å². The van der Waals surface area contributed by atoms with E-state index in [1.807, 2.05) is 31.2 Å². The third kappa shape index (κ3) is 2.27. The van der Waals surface area contributed by atoms with E-state index in [1.165, 1.54) is 0 Å². The van der Waals surface area contributed by atoms with E-state index in [2.05, 4.69) is 19.2 Å². The zero-order chi connectivity index (χ0) is 13.6. The second-order valence-corrected chi connectivity index (χ2v) is 6.19. The Hall–Kier alpha value is -1.35. The van der Waals surface area contributed by atoms with Crippen LogP contribution in [0.2, 0.25) is 0 Å². The van der Waals surface area contributed by atoms with Gasteiger partial charge in [0.15, 0.2) is 0 Å². The Morgan fingerprint density at radius 2 is 2.11 bits per heavy atom. The van der Waals surface area contributed by atoms with Gasteiger partial charge in [-0.2, -0.15) is 0 Å². The van der Waals surface area contributed by atoms with Crippen LogP contribution < -0.4 is 5.32 Å². The predicted octanol–water partition coefficient (Wildman–Crippen LogP) is 2.68. The molecule has 98 valence electrons. The van der Waals surface area contributed by atoms with Crippen LogP contribution in [-0.4, -0.2) is 17.1 Å². The summed E-state index contributed by atoms with van der Waals surface area (Å²) in [4.78, 5) is 11.6. The lowest BCUT2D eigenvalue weighted by molar-refractivity contribution is -0.144. The fourth-order valence-corrected chi connectivity index (χ4v) is 2.29. The van der Waals surface area contributed by atoms with Gasteiger partial charge in [-0.3, -0.25) is 5.32 Å². The lowest BCUT2D eigenvalue weighted by atomic mass is 9.90. The average molecular weight is 247 g/mol. The van der Waals surface area contributed by atoms with Gasteiger partial charge in [-0.25, -0.2) is 4.79 Å². The molecule has 3 heteroatoms. The SMILES string of the molecule is Cc1cccc(C(C)(NC2CC2(C)C)C(=O)O)c1. The molecule has 0 heterocycles. The van der Waals surface area contributed by atoms with Gasteiger partial charge in [-0.15, -0.1) is 0 Å². The summed E-state index contributed by atoms with van der Waals surface area (Å²) in [6.07, 6.45) is 1.03. The Bertz CT molecular complexity index is 481. The van der Waals surface area contributed by atoms with Crippen LogP contribution >= 0.6 is 0 Å². The predicted molar refractivity (Wildman–Crippen MR) is 71.5 cm³/mol. The van der Waals surface area contributed by atoms with Crippen molar-refractivity contribution >= 4 is 5.97 Å². The largest absolute Gasteiger partial charge is 0.480 e. The molecule has 0 aliphatic heterocycles. The summed E-state index contributed by atoms with van der Waals surface area (Å²) >= 11 is 0. The molecule has 0 aromatic heterocycles. The highest BCUT2D eigenvalue weighted by Crippen LogP contribution is 2.46. The van der Waals surface area contributed by atoms with E-state index >= 15 is 0 Å². The number of carbonyl (C=O) groups is 1. The third-order valence-electron chi connectivity index (χ3n) is 4.00. The molecular weight excluding hydrogens is 226 g/mol. The first-order valence-electron chi connectivity index (χ1n) is 6.34. The summed E-state index contributed by atoms with van der Waals surface area (Å²) in [6.45, 7) is 8.04. The molecule has 2 N–H and O–H groups in total. The number of carboxylic acid groups (broad SMARTS) is 1. The van der Waals surface area contributed by atoms with Crippen molar-refractivity contribution < 1.29 is 9.90 Å². The van der Waals surface area contributed by atoms with Crippen molar-refractivity contribution in [3.8, 4) is 0 Å². The number of carboxylic acids is 1. The molecule has 2 atom stereocenters. The first kappa shape index (κ1) is 13.1. The Morgan fingerprint density at radius 1 is 1.50 bits per heavy atom. The van der Waals surface area contributed by atoms with Crippen molar-refractivity contribution in [2.24, 2.45) is 5.41 Å². The minimum absolute atomic E-state index is 0.209. The average Bonchev–Trinajstić information content (AvgIpc) is 2.85. The maximum Gasteiger partial charge on any atom is 0.328 e. The number of rotatable bonds is 4. The monoisotopic (exact) mass is 247 g/mol. The first-order valence-corrected chi connectivity index (χ1v) is 6.34. The molecule has 0 saturated heterocycles. The van der Waals surface area contributed by atoms with Crippen LogP contribution in [0.3, 0.4) is 0 Å². The molecule has 18 heavy (non-hydrogen) atoms. The highest BCUT2D eigenvalue weighted by Gasteiger charge is 2.50. The molecule has 2 unspecified atom stereocenters. The number of benzene rings is 1. The second kappa shape index (κ2) is 4.09. The fourth-order valence-electron chi connectivity index (χ4n) is 2.29. The van der Waals surface area contributed by atoms with Gasteiger partial charge in [0.05, 0.1) is 0 Å².